The third-order valence-corrected chi connectivity index (χ3v) is 1.79. The molecule has 1 atom stereocenters. The van der Waals surface area contributed by atoms with Gasteiger partial charge in [0.25, 0.3) is 5.92 Å². The summed E-state index contributed by atoms with van der Waals surface area (Å²) >= 11 is 0. The molecule has 0 bridgehead atoms. The number of H-pyrrole nitrogens is 1. The predicted octanol–water partition coefficient (Wildman–Crippen LogP) is 1.06. The first-order valence-corrected chi connectivity index (χ1v) is 3.38. The highest BCUT2D eigenvalue weighted by atomic mass is 35.5. The van der Waals surface area contributed by atoms with Crippen LogP contribution in [0.3, 0.4) is 0 Å². The molecule has 1 heterocycles. The second kappa shape index (κ2) is 3.02. The smallest absolute Gasteiger partial charge is 0.259 e. The lowest BCUT2D eigenvalue weighted by Crippen LogP contribution is -2.09. The van der Waals surface area contributed by atoms with Gasteiger partial charge in [-0.3, -0.25) is 9.89 Å². The zero-order valence-corrected chi connectivity index (χ0v) is 7.15. The molecule has 1 aromatic heterocycles. The van der Waals surface area contributed by atoms with Crippen molar-refractivity contribution in [1.29, 1.82) is 0 Å². The Hall–Kier alpha value is -1.04. The molecule has 1 aliphatic rings. The third-order valence-electron chi connectivity index (χ3n) is 1.79. The van der Waals surface area contributed by atoms with Crippen molar-refractivity contribution >= 4 is 18.2 Å². The van der Waals surface area contributed by atoms with E-state index in [1.807, 2.05) is 0 Å². The molecule has 72 valence electrons. The largest absolute Gasteiger partial charge is 0.290 e. The molecule has 1 aliphatic carbocycles. The van der Waals surface area contributed by atoms with E-state index in [0.29, 0.717) is 0 Å². The zero-order chi connectivity index (χ0) is 8.77. The molecule has 7 heteroatoms. The van der Waals surface area contributed by atoms with E-state index in [4.69, 9.17) is 0 Å². The van der Waals surface area contributed by atoms with E-state index in [2.05, 4.69) is 15.2 Å². The molecule has 0 saturated heterocycles. The molecule has 13 heavy (non-hydrogen) atoms. The van der Waals surface area contributed by atoms with Crippen LogP contribution in [-0.4, -0.2) is 26.9 Å². The van der Waals surface area contributed by atoms with Crippen LogP contribution in [-0.2, 0) is 0 Å². The summed E-state index contributed by atoms with van der Waals surface area (Å²) in [4.78, 5) is 14.6. The molecule has 0 radical (unpaired) electrons. The van der Waals surface area contributed by atoms with Crippen molar-refractivity contribution in [2.24, 2.45) is 5.92 Å². The number of rotatable bonds is 2. The van der Waals surface area contributed by atoms with Gasteiger partial charge in [0.2, 0.25) is 5.78 Å². The second-order valence-corrected chi connectivity index (χ2v) is 2.72. The summed E-state index contributed by atoms with van der Waals surface area (Å²) in [7, 11) is 0. The Morgan fingerprint density at radius 1 is 1.69 bits per heavy atom. The predicted molar refractivity (Wildman–Crippen MR) is 41.0 cm³/mol. The number of halogens is 3. The van der Waals surface area contributed by atoms with Gasteiger partial charge in [-0.25, -0.2) is 13.8 Å². The third kappa shape index (κ3) is 1.67. The van der Waals surface area contributed by atoms with Crippen molar-refractivity contribution in [1.82, 2.24) is 15.2 Å². The summed E-state index contributed by atoms with van der Waals surface area (Å²) in [5, 5.41) is 5.65. The van der Waals surface area contributed by atoms with Crippen LogP contribution in [0, 0.1) is 5.92 Å². The first-order chi connectivity index (χ1) is 5.61. The maximum Gasteiger partial charge on any atom is 0.259 e. The molecule has 0 aromatic carbocycles. The summed E-state index contributed by atoms with van der Waals surface area (Å²) in [6.07, 6.45) is 0.750. The lowest BCUT2D eigenvalue weighted by Gasteiger charge is -1.92. The minimum absolute atomic E-state index is 0. The molecule has 0 amide bonds. The number of carbonyl (C=O) groups excluding carboxylic acids is 1. The molecule has 0 spiro atoms. The normalized spacial score (nSPS) is 23.4. The first kappa shape index (κ1) is 10.0. The van der Waals surface area contributed by atoms with Gasteiger partial charge in [0.1, 0.15) is 6.33 Å². The average molecular weight is 210 g/mol. The van der Waals surface area contributed by atoms with E-state index in [0.717, 1.165) is 6.33 Å². The van der Waals surface area contributed by atoms with Gasteiger partial charge in [-0.05, 0) is 0 Å². The van der Waals surface area contributed by atoms with Crippen LogP contribution in [0.15, 0.2) is 6.33 Å². The van der Waals surface area contributed by atoms with Gasteiger partial charge in [0.15, 0.2) is 5.82 Å². The molecule has 1 fully saturated rings. The van der Waals surface area contributed by atoms with E-state index in [1.54, 1.807) is 0 Å². The molecular weight excluding hydrogens is 204 g/mol. The summed E-state index contributed by atoms with van der Waals surface area (Å²) in [5.41, 5.74) is 0. The first-order valence-electron chi connectivity index (χ1n) is 3.38. The number of Topliss-reactive ketones (excluding diaryl/α,β-unsaturated/α-hetero) is 1. The van der Waals surface area contributed by atoms with E-state index in [9.17, 15) is 13.6 Å². The SMILES string of the molecule is Cl.O=C(c1ncn[nH]1)C1CC1(F)F. The number of ketones is 1. The number of nitrogens with one attached hydrogen (secondary N) is 1. The monoisotopic (exact) mass is 209 g/mol. The number of alkyl halides is 2. The minimum atomic E-state index is -2.83. The Morgan fingerprint density at radius 3 is 2.69 bits per heavy atom. The molecule has 2 rings (SSSR count). The van der Waals surface area contributed by atoms with Crippen LogP contribution in [0.5, 0.6) is 0 Å². The fourth-order valence-electron chi connectivity index (χ4n) is 0.987. The summed E-state index contributed by atoms with van der Waals surface area (Å²) in [6, 6.07) is 0. The van der Waals surface area contributed by atoms with Crippen molar-refractivity contribution < 1.29 is 13.6 Å². The Balaban J connectivity index is 0.000000845. The molecule has 1 aromatic rings. The van der Waals surface area contributed by atoms with Gasteiger partial charge < -0.3 is 0 Å². The zero-order valence-electron chi connectivity index (χ0n) is 6.33. The number of aromatic amines is 1. The van der Waals surface area contributed by atoms with Gasteiger partial charge >= 0.3 is 0 Å². The van der Waals surface area contributed by atoms with Crippen LogP contribution < -0.4 is 0 Å². The highest BCUT2D eigenvalue weighted by Crippen LogP contribution is 2.49. The highest BCUT2D eigenvalue weighted by Gasteiger charge is 2.61. The number of hydrogen-bond donors (Lipinski definition) is 1. The van der Waals surface area contributed by atoms with E-state index in [-0.39, 0.29) is 24.7 Å². The Morgan fingerprint density at radius 2 is 2.31 bits per heavy atom. The van der Waals surface area contributed by atoms with Crippen LogP contribution in [0.25, 0.3) is 0 Å². The van der Waals surface area contributed by atoms with Crippen molar-refractivity contribution in [3.8, 4) is 0 Å². The van der Waals surface area contributed by atoms with Crippen molar-refractivity contribution in [2.45, 2.75) is 12.3 Å². The number of nitrogens with zero attached hydrogens (tertiary/aromatic N) is 2. The molecule has 0 aliphatic heterocycles. The van der Waals surface area contributed by atoms with Crippen LogP contribution in [0.1, 0.15) is 17.0 Å². The fraction of sp³-hybridized carbons (Fsp3) is 0.500. The average Bonchev–Trinajstić information content (AvgIpc) is 2.56. The van der Waals surface area contributed by atoms with Crippen LogP contribution in [0.2, 0.25) is 0 Å². The quantitative estimate of drug-likeness (QED) is 0.741. The van der Waals surface area contributed by atoms with Crippen molar-refractivity contribution in [3.05, 3.63) is 12.2 Å². The Bertz CT molecular complexity index is 314. The lowest BCUT2D eigenvalue weighted by atomic mass is 10.2. The summed E-state index contributed by atoms with van der Waals surface area (Å²) in [6.45, 7) is 0. The molecule has 1 unspecified atom stereocenters. The lowest BCUT2D eigenvalue weighted by molar-refractivity contribution is 0.0749. The van der Waals surface area contributed by atoms with E-state index >= 15 is 0 Å². The highest BCUT2D eigenvalue weighted by molar-refractivity contribution is 5.97. The fourth-order valence-corrected chi connectivity index (χ4v) is 0.987. The molecule has 1 saturated carbocycles. The van der Waals surface area contributed by atoms with E-state index in [1.165, 1.54) is 0 Å². The van der Waals surface area contributed by atoms with Crippen LogP contribution >= 0.6 is 12.4 Å². The maximum atomic E-state index is 12.4. The number of hydrogen-bond acceptors (Lipinski definition) is 3. The maximum absolute atomic E-state index is 12.4. The van der Waals surface area contributed by atoms with Crippen molar-refractivity contribution in [2.75, 3.05) is 0 Å². The van der Waals surface area contributed by atoms with Crippen molar-refractivity contribution in [3.63, 3.8) is 0 Å². The topological polar surface area (TPSA) is 58.6 Å². The standard InChI is InChI=1S/C6H5F2N3O.ClH/c7-6(8)1-3(6)4(12)5-9-2-10-11-5;/h2-3H,1H2,(H,9,10,11);1H. The Labute approximate surface area is 78.1 Å². The van der Waals surface area contributed by atoms with Gasteiger partial charge in [-0.2, -0.15) is 5.10 Å². The van der Waals surface area contributed by atoms with Gasteiger partial charge in [0, 0.05) is 6.42 Å². The summed E-state index contributed by atoms with van der Waals surface area (Å²) < 4.78 is 24.7. The number of aromatic nitrogens is 3. The van der Waals surface area contributed by atoms with Gasteiger partial charge in [0.05, 0.1) is 5.92 Å². The molecule has 1 N–H and O–H groups in total. The van der Waals surface area contributed by atoms with Crippen LogP contribution in [0.4, 0.5) is 8.78 Å². The molecular formula is C6H6ClF2N3O. The van der Waals surface area contributed by atoms with E-state index < -0.39 is 17.6 Å². The minimum Gasteiger partial charge on any atom is -0.290 e. The second-order valence-electron chi connectivity index (χ2n) is 2.72. The van der Waals surface area contributed by atoms with Gasteiger partial charge in [-0.15, -0.1) is 12.4 Å². The summed E-state index contributed by atoms with van der Waals surface area (Å²) in [5.74, 6) is -4.76. The molecule has 4 nitrogen and oxygen atoms in total. The Kier molecular flexibility index (Phi) is 2.34. The number of carbonyl (C=O) groups is 1. The van der Waals surface area contributed by atoms with Gasteiger partial charge in [-0.1, -0.05) is 0 Å².